The fraction of sp³-hybridized carbons (Fsp3) is 0.917. The molecule has 0 aliphatic rings. The van der Waals surface area contributed by atoms with E-state index < -0.39 is 6.10 Å². The number of thiol groups is 1. The molecule has 0 bridgehead atoms. The van der Waals surface area contributed by atoms with E-state index in [0.717, 1.165) is 12.8 Å². The number of unbranched alkanes of at least 4 members (excludes halogenated alkanes) is 6. The van der Waals surface area contributed by atoms with E-state index in [4.69, 9.17) is 0 Å². The van der Waals surface area contributed by atoms with E-state index in [1.165, 1.54) is 38.5 Å². The Bertz CT molecular complexity index is 160. The summed E-state index contributed by atoms with van der Waals surface area (Å²) in [6, 6.07) is 0. The van der Waals surface area contributed by atoms with Crippen LogP contribution in [0.15, 0.2) is 0 Å². The average molecular weight is 232 g/mol. The molecule has 15 heavy (non-hydrogen) atoms. The third-order valence-corrected chi connectivity index (χ3v) is 2.73. The number of rotatable bonds is 10. The number of aliphatic hydroxyl groups excluding tert-OH is 1. The van der Waals surface area contributed by atoms with E-state index in [-0.39, 0.29) is 11.5 Å². The second-order valence-corrected chi connectivity index (χ2v) is 4.66. The minimum absolute atomic E-state index is 0.193. The third-order valence-electron chi connectivity index (χ3n) is 2.55. The highest BCUT2D eigenvalue weighted by Gasteiger charge is 2.06. The summed E-state index contributed by atoms with van der Waals surface area (Å²) in [4.78, 5) is 10.6. The van der Waals surface area contributed by atoms with Crippen LogP contribution in [0.3, 0.4) is 0 Å². The van der Waals surface area contributed by atoms with Crippen LogP contribution in [-0.2, 0) is 4.79 Å². The van der Waals surface area contributed by atoms with Gasteiger partial charge in [0.05, 0.1) is 6.10 Å². The van der Waals surface area contributed by atoms with Crippen LogP contribution < -0.4 is 0 Å². The second kappa shape index (κ2) is 10.5. The Morgan fingerprint density at radius 2 is 1.67 bits per heavy atom. The molecule has 0 fully saturated rings. The summed E-state index contributed by atoms with van der Waals surface area (Å²) in [5.41, 5.74) is 0. The molecule has 2 nitrogen and oxygen atoms in total. The molecule has 3 heteroatoms. The largest absolute Gasteiger partial charge is 0.393 e. The predicted octanol–water partition coefficient (Wildman–Crippen LogP) is 3.33. The molecule has 0 spiro atoms. The SMILES string of the molecule is CCCCCCCCCC(O)CC(=O)S. The summed E-state index contributed by atoms with van der Waals surface area (Å²) in [5.74, 6) is 0. The molecule has 0 aliphatic heterocycles. The molecular formula is C12H24O2S. The van der Waals surface area contributed by atoms with Crippen molar-refractivity contribution < 1.29 is 9.90 Å². The van der Waals surface area contributed by atoms with Gasteiger partial charge in [-0.3, -0.25) is 4.79 Å². The highest BCUT2D eigenvalue weighted by Crippen LogP contribution is 2.11. The van der Waals surface area contributed by atoms with Crippen molar-refractivity contribution in [3.63, 3.8) is 0 Å². The van der Waals surface area contributed by atoms with Crippen LogP contribution >= 0.6 is 12.6 Å². The minimum atomic E-state index is -0.481. The van der Waals surface area contributed by atoms with Gasteiger partial charge in [-0.15, -0.1) is 12.6 Å². The van der Waals surface area contributed by atoms with Crippen LogP contribution in [0.5, 0.6) is 0 Å². The van der Waals surface area contributed by atoms with Crippen molar-refractivity contribution in [2.75, 3.05) is 0 Å². The van der Waals surface area contributed by atoms with Crippen LogP contribution in [0, 0.1) is 0 Å². The summed E-state index contributed by atoms with van der Waals surface area (Å²) < 4.78 is 0. The van der Waals surface area contributed by atoms with E-state index in [1.54, 1.807) is 0 Å². The molecule has 0 aromatic heterocycles. The second-order valence-electron chi connectivity index (χ2n) is 4.16. The van der Waals surface area contributed by atoms with E-state index in [2.05, 4.69) is 19.6 Å². The molecule has 1 unspecified atom stereocenters. The first-order valence-corrected chi connectivity index (χ1v) is 6.51. The highest BCUT2D eigenvalue weighted by molar-refractivity contribution is 7.96. The van der Waals surface area contributed by atoms with Gasteiger partial charge in [0.15, 0.2) is 5.12 Å². The molecule has 1 atom stereocenters. The molecule has 0 heterocycles. The lowest BCUT2D eigenvalue weighted by Crippen LogP contribution is -2.09. The van der Waals surface area contributed by atoms with Crippen molar-refractivity contribution in [2.45, 2.75) is 70.8 Å². The quantitative estimate of drug-likeness (QED) is 0.448. The minimum Gasteiger partial charge on any atom is -0.393 e. The van der Waals surface area contributed by atoms with Gasteiger partial charge in [-0.05, 0) is 6.42 Å². The van der Waals surface area contributed by atoms with Gasteiger partial charge in [0.1, 0.15) is 0 Å². The number of hydrogen-bond acceptors (Lipinski definition) is 2. The Labute approximate surface area is 98.9 Å². The van der Waals surface area contributed by atoms with E-state index >= 15 is 0 Å². The standard InChI is InChI=1S/C12H24O2S/c1-2-3-4-5-6-7-8-9-11(13)10-12(14)15/h11,13H,2-10H2,1H3,(H,14,15). The Kier molecular flexibility index (Phi) is 10.5. The lowest BCUT2D eigenvalue weighted by atomic mass is 10.1. The van der Waals surface area contributed by atoms with Crippen molar-refractivity contribution in [2.24, 2.45) is 0 Å². The third kappa shape index (κ3) is 11.9. The van der Waals surface area contributed by atoms with Gasteiger partial charge in [-0.2, -0.15) is 0 Å². The van der Waals surface area contributed by atoms with Gasteiger partial charge in [-0.1, -0.05) is 51.9 Å². The molecule has 0 saturated heterocycles. The maximum atomic E-state index is 10.6. The first kappa shape index (κ1) is 15.0. The summed E-state index contributed by atoms with van der Waals surface area (Å²) in [6.45, 7) is 2.21. The molecule has 90 valence electrons. The van der Waals surface area contributed by atoms with Gasteiger partial charge in [0.25, 0.3) is 0 Å². The van der Waals surface area contributed by atoms with Crippen molar-refractivity contribution in [3.8, 4) is 0 Å². The summed E-state index contributed by atoms with van der Waals surface area (Å²) >= 11 is 3.64. The zero-order valence-electron chi connectivity index (χ0n) is 9.74. The lowest BCUT2D eigenvalue weighted by molar-refractivity contribution is -0.112. The van der Waals surface area contributed by atoms with Crippen LogP contribution in [-0.4, -0.2) is 16.3 Å². The normalized spacial score (nSPS) is 12.7. The average Bonchev–Trinajstić information content (AvgIpc) is 2.15. The number of aliphatic hydroxyl groups is 1. The summed E-state index contributed by atoms with van der Waals surface area (Å²) in [6.07, 6.45) is 9.13. The number of carbonyl (C=O) groups excluding carboxylic acids is 1. The molecular weight excluding hydrogens is 208 g/mol. The van der Waals surface area contributed by atoms with E-state index in [9.17, 15) is 9.90 Å². The molecule has 0 amide bonds. The van der Waals surface area contributed by atoms with Gasteiger partial charge >= 0.3 is 0 Å². The molecule has 0 saturated carbocycles. The zero-order chi connectivity index (χ0) is 11.5. The fourth-order valence-corrected chi connectivity index (χ4v) is 1.85. The Balaban J connectivity index is 3.13. The lowest BCUT2D eigenvalue weighted by Gasteiger charge is -2.07. The van der Waals surface area contributed by atoms with Gasteiger partial charge in [0, 0.05) is 6.42 Å². The van der Waals surface area contributed by atoms with Crippen LogP contribution in [0.4, 0.5) is 0 Å². The van der Waals surface area contributed by atoms with Crippen molar-refractivity contribution >= 4 is 17.7 Å². The first-order valence-electron chi connectivity index (χ1n) is 6.06. The van der Waals surface area contributed by atoms with Crippen molar-refractivity contribution in [3.05, 3.63) is 0 Å². The van der Waals surface area contributed by atoms with Crippen LogP contribution in [0.25, 0.3) is 0 Å². The Morgan fingerprint density at radius 1 is 1.13 bits per heavy atom. The van der Waals surface area contributed by atoms with Crippen LogP contribution in [0.2, 0.25) is 0 Å². The van der Waals surface area contributed by atoms with E-state index in [1.807, 2.05) is 0 Å². The molecule has 0 aliphatic carbocycles. The summed E-state index contributed by atoms with van der Waals surface area (Å²) in [5, 5.41) is 9.17. The van der Waals surface area contributed by atoms with Gasteiger partial charge < -0.3 is 5.11 Å². The van der Waals surface area contributed by atoms with Crippen LogP contribution in [0.1, 0.15) is 64.7 Å². The topological polar surface area (TPSA) is 37.3 Å². The molecule has 0 aromatic rings. The fourth-order valence-electron chi connectivity index (χ4n) is 1.64. The summed E-state index contributed by atoms with van der Waals surface area (Å²) in [7, 11) is 0. The Morgan fingerprint density at radius 3 is 2.20 bits per heavy atom. The highest BCUT2D eigenvalue weighted by atomic mass is 32.1. The van der Waals surface area contributed by atoms with Crippen molar-refractivity contribution in [1.29, 1.82) is 0 Å². The predicted molar refractivity (Wildman–Crippen MR) is 67.2 cm³/mol. The Hall–Kier alpha value is -0.0200. The molecule has 0 rings (SSSR count). The molecule has 1 N–H and O–H groups in total. The van der Waals surface area contributed by atoms with Gasteiger partial charge in [-0.25, -0.2) is 0 Å². The monoisotopic (exact) mass is 232 g/mol. The molecule has 0 radical (unpaired) electrons. The smallest absolute Gasteiger partial charge is 0.188 e. The maximum Gasteiger partial charge on any atom is 0.188 e. The number of hydrogen-bond donors (Lipinski definition) is 2. The number of carbonyl (C=O) groups is 1. The zero-order valence-corrected chi connectivity index (χ0v) is 10.6. The van der Waals surface area contributed by atoms with E-state index in [0.29, 0.717) is 0 Å². The van der Waals surface area contributed by atoms with Crippen molar-refractivity contribution in [1.82, 2.24) is 0 Å². The first-order chi connectivity index (χ1) is 7.16. The molecule has 0 aromatic carbocycles. The maximum absolute atomic E-state index is 10.6. The van der Waals surface area contributed by atoms with Gasteiger partial charge in [0.2, 0.25) is 0 Å².